The first-order chi connectivity index (χ1) is 8.77. The lowest BCUT2D eigenvalue weighted by atomic mass is 10.0. The summed E-state index contributed by atoms with van der Waals surface area (Å²) in [7, 11) is 1.51. The van der Waals surface area contributed by atoms with Crippen LogP contribution in [-0.4, -0.2) is 38.2 Å². The molecule has 116 valence electrons. The quantitative estimate of drug-likeness (QED) is 0.921. The Balaban J connectivity index is 0.00000180. The van der Waals surface area contributed by atoms with Crippen molar-refractivity contribution < 1.29 is 9.13 Å². The number of hydrogen-bond donors (Lipinski definition) is 1. The van der Waals surface area contributed by atoms with E-state index in [-0.39, 0.29) is 36.7 Å². The van der Waals surface area contributed by atoms with Gasteiger partial charge in [-0.1, -0.05) is 19.1 Å². The summed E-state index contributed by atoms with van der Waals surface area (Å²) in [5, 5.41) is 3.32. The maximum atomic E-state index is 14.3. The molecule has 2 rings (SSSR count). The molecule has 1 saturated heterocycles. The Morgan fingerprint density at radius 2 is 1.95 bits per heavy atom. The van der Waals surface area contributed by atoms with E-state index < -0.39 is 0 Å². The number of rotatable bonds is 4. The second kappa shape index (κ2) is 9.40. The highest BCUT2D eigenvalue weighted by atomic mass is 35.5. The highest BCUT2D eigenvalue weighted by molar-refractivity contribution is 5.85. The van der Waals surface area contributed by atoms with Crippen molar-refractivity contribution in [1.82, 2.24) is 10.2 Å². The second-order valence-electron chi connectivity index (χ2n) is 4.57. The molecule has 0 aromatic heterocycles. The molecule has 20 heavy (non-hydrogen) atoms. The lowest BCUT2D eigenvalue weighted by molar-refractivity contribution is 0.165. The van der Waals surface area contributed by atoms with Gasteiger partial charge in [-0.25, -0.2) is 4.39 Å². The van der Waals surface area contributed by atoms with E-state index in [0.717, 1.165) is 38.2 Å². The summed E-state index contributed by atoms with van der Waals surface area (Å²) in [4.78, 5) is 2.34. The van der Waals surface area contributed by atoms with Crippen molar-refractivity contribution in [2.75, 3.05) is 33.3 Å². The molecule has 1 atom stereocenters. The summed E-state index contributed by atoms with van der Waals surface area (Å²) >= 11 is 0. The van der Waals surface area contributed by atoms with Gasteiger partial charge in [0.1, 0.15) is 0 Å². The van der Waals surface area contributed by atoms with Gasteiger partial charge in [0, 0.05) is 37.8 Å². The van der Waals surface area contributed by atoms with E-state index >= 15 is 0 Å². The average molecular weight is 325 g/mol. The van der Waals surface area contributed by atoms with Crippen LogP contribution >= 0.6 is 24.8 Å². The fourth-order valence-corrected chi connectivity index (χ4v) is 2.61. The zero-order chi connectivity index (χ0) is 13.0. The van der Waals surface area contributed by atoms with E-state index in [0.29, 0.717) is 5.75 Å². The fourth-order valence-electron chi connectivity index (χ4n) is 2.61. The molecule has 1 fully saturated rings. The molecular weight excluding hydrogens is 302 g/mol. The topological polar surface area (TPSA) is 24.5 Å². The van der Waals surface area contributed by atoms with E-state index in [4.69, 9.17) is 4.74 Å². The largest absolute Gasteiger partial charge is 0.494 e. The molecule has 1 aromatic carbocycles. The fraction of sp³-hybridized carbons (Fsp3) is 0.571. The third kappa shape index (κ3) is 4.22. The third-order valence-corrected chi connectivity index (χ3v) is 3.55. The maximum absolute atomic E-state index is 14.3. The van der Waals surface area contributed by atoms with Crippen molar-refractivity contribution in [3.05, 3.63) is 29.6 Å². The van der Waals surface area contributed by atoms with E-state index in [2.05, 4.69) is 17.1 Å². The summed E-state index contributed by atoms with van der Waals surface area (Å²) in [5.74, 6) is 0.117. The van der Waals surface area contributed by atoms with Gasteiger partial charge in [-0.2, -0.15) is 0 Å². The number of piperazine rings is 1. The molecule has 1 heterocycles. The lowest BCUT2D eigenvalue weighted by Crippen LogP contribution is -2.45. The molecule has 6 heteroatoms. The number of ether oxygens (including phenoxy) is 1. The number of halogens is 3. The normalized spacial score (nSPS) is 16.8. The molecule has 0 spiro atoms. The molecule has 0 aliphatic carbocycles. The Bertz CT molecular complexity index is 401. The van der Waals surface area contributed by atoms with Gasteiger partial charge in [0.25, 0.3) is 0 Å². The predicted molar refractivity (Wildman–Crippen MR) is 84.9 cm³/mol. The van der Waals surface area contributed by atoms with Crippen LogP contribution in [0.2, 0.25) is 0 Å². The van der Waals surface area contributed by atoms with Crippen molar-refractivity contribution in [1.29, 1.82) is 0 Å². The zero-order valence-corrected chi connectivity index (χ0v) is 13.5. The third-order valence-electron chi connectivity index (χ3n) is 3.55. The summed E-state index contributed by atoms with van der Waals surface area (Å²) < 4.78 is 19.4. The molecule has 1 N–H and O–H groups in total. The van der Waals surface area contributed by atoms with Crippen LogP contribution in [0.15, 0.2) is 18.2 Å². The van der Waals surface area contributed by atoms with Gasteiger partial charge < -0.3 is 10.1 Å². The molecule has 1 aliphatic heterocycles. The first kappa shape index (κ1) is 19.4. The SMILES string of the molecule is CC[C@H](c1cccc(OC)c1F)N1CCNCC1.Cl.Cl. The standard InChI is InChI=1S/C14H21FN2O.2ClH/c1-3-12(17-9-7-16-8-10-17)11-5-4-6-13(18-2)14(11)15;;/h4-6,12,16H,3,7-10H2,1-2H3;2*1H/t12-;;/m1../s1. The minimum atomic E-state index is -0.217. The monoisotopic (exact) mass is 324 g/mol. The van der Waals surface area contributed by atoms with E-state index in [9.17, 15) is 4.39 Å². The van der Waals surface area contributed by atoms with Crippen LogP contribution in [0.1, 0.15) is 24.9 Å². The molecule has 3 nitrogen and oxygen atoms in total. The van der Waals surface area contributed by atoms with Gasteiger partial charge in [-0.15, -0.1) is 24.8 Å². The van der Waals surface area contributed by atoms with Crippen LogP contribution in [-0.2, 0) is 0 Å². The number of nitrogens with one attached hydrogen (secondary N) is 1. The van der Waals surface area contributed by atoms with Crippen molar-refractivity contribution in [2.24, 2.45) is 0 Å². The first-order valence-electron chi connectivity index (χ1n) is 6.55. The highest BCUT2D eigenvalue weighted by Crippen LogP contribution is 2.30. The Labute approximate surface area is 132 Å². The second-order valence-corrected chi connectivity index (χ2v) is 4.57. The minimum absolute atomic E-state index is 0. The van der Waals surface area contributed by atoms with Crippen LogP contribution in [0.3, 0.4) is 0 Å². The Kier molecular flexibility index (Phi) is 9.14. The summed E-state index contributed by atoms with van der Waals surface area (Å²) in [6.07, 6.45) is 0.907. The molecule has 0 amide bonds. The molecule has 0 bridgehead atoms. The first-order valence-corrected chi connectivity index (χ1v) is 6.55. The summed E-state index contributed by atoms with van der Waals surface area (Å²) in [5.41, 5.74) is 0.749. The van der Waals surface area contributed by atoms with Crippen LogP contribution in [0.25, 0.3) is 0 Å². The van der Waals surface area contributed by atoms with Gasteiger partial charge in [-0.05, 0) is 12.5 Å². The van der Waals surface area contributed by atoms with E-state index in [1.165, 1.54) is 7.11 Å². The van der Waals surface area contributed by atoms with Gasteiger partial charge >= 0.3 is 0 Å². The maximum Gasteiger partial charge on any atom is 0.169 e. The number of hydrogen-bond acceptors (Lipinski definition) is 3. The molecule has 0 radical (unpaired) electrons. The van der Waals surface area contributed by atoms with Crippen LogP contribution in [0, 0.1) is 5.82 Å². The van der Waals surface area contributed by atoms with Crippen molar-refractivity contribution in [3.8, 4) is 5.75 Å². The smallest absolute Gasteiger partial charge is 0.169 e. The number of methoxy groups -OCH3 is 1. The van der Waals surface area contributed by atoms with Gasteiger partial charge in [0.05, 0.1) is 7.11 Å². The summed E-state index contributed by atoms with van der Waals surface area (Å²) in [6, 6.07) is 5.54. The van der Waals surface area contributed by atoms with E-state index in [1.54, 1.807) is 6.07 Å². The summed E-state index contributed by atoms with van der Waals surface area (Å²) in [6.45, 7) is 5.99. The van der Waals surface area contributed by atoms with E-state index in [1.807, 2.05) is 12.1 Å². The van der Waals surface area contributed by atoms with Crippen molar-refractivity contribution in [2.45, 2.75) is 19.4 Å². The average Bonchev–Trinajstić information content (AvgIpc) is 2.43. The van der Waals surface area contributed by atoms with Crippen molar-refractivity contribution in [3.63, 3.8) is 0 Å². The van der Waals surface area contributed by atoms with Gasteiger partial charge in [0.15, 0.2) is 11.6 Å². The Morgan fingerprint density at radius 1 is 1.30 bits per heavy atom. The zero-order valence-electron chi connectivity index (χ0n) is 11.9. The Morgan fingerprint density at radius 3 is 2.50 bits per heavy atom. The van der Waals surface area contributed by atoms with Gasteiger partial charge in [-0.3, -0.25) is 4.90 Å². The molecule has 1 aromatic rings. The van der Waals surface area contributed by atoms with Crippen LogP contribution in [0.4, 0.5) is 4.39 Å². The molecule has 0 saturated carbocycles. The Hall–Kier alpha value is -0.550. The molecular formula is C14H23Cl2FN2O. The highest BCUT2D eigenvalue weighted by Gasteiger charge is 2.24. The van der Waals surface area contributed by atoms with Crippen LogP contribution < -0.4 is 10.1 Å². The molecule has 0 unspecified atom stereocenters. The lowest BCUT2D eigenvalue weighted by Gasteiger charge is -2.35. The van der Waals surface area contributed by atoms with Crippen molar-refractivity contribution >= 4 is 24.8 Å². The minimum Gasteiger partial charge on any atom is -0.494 e. The predicted octanol–water partition coefficient (Wildman–Crippen LogP) is 3.03. The number of benzene rings is 1. The molecule has 1 aliphatic rings. The van der Waals surface area contributed by atoms with Crippen LogP contribution in [0.5, 0.6) is 5.75 Å². The van der Waals surface area contributed by atoms with Gasteiger partial charge in [0.2, 0.25) is 0 Å². The number of nitrogens with zero attached hydrogens (tertiary/aromatic N) is 1.